The molecule has 1 aliphatic rings. The Labute approximate surface area is 119 Å². The van der Waals surface area contributed by atoms with Crippen molar-refractivity contribution in [2.75, 3.05) is 14.1 Å². The van der Waals surface area contributed by atoms with Gasteiger partial charge < -0.3 is 10.2 Å². The molecule has 0 bridgehead atoms. The van der Waals surface area contributed by atoms with Gasteiger partial charge in [-0.3, -0.25) is 4.79 Å². The number of likely N-dealkylation sites (N-methyl/N-ethyl adjacent to an activating group) is 1. The monoisotopic (exact) mass is 268 g/mol. The lowest BCUT2D eigenvalue weighted by Crippen LogP contribution is -2.50. The summed E-state index contributed by atoms with van der Waals surface area (Å²) < 4.78 is 0. The maximum Gasteiger partial charge on any atom is 0.239 e. The Morgan fingerprint density at radius 3 is 2.11 bits per heavy atom. The second kappa shape index (κ2) is 7.28. The van der Waals surface area contributed by atoms with Gasteiger partial charge in [-0.25, -0.2) is 0 Å². The van der Waals surface area contributed by atoms with Crippen LogP contribution in [0.1, 0.15) is 53.4 Å². The average molecular weight is 268 g/mol. The Bertz CT molecular complexity index is 278. The summed E-state index contributed by atoms with van der Waals surface area (Å²) in [5, 5.41) is 3.64. The highest BCUT2D eigenvalue weighted by molar-refractivity contribution is 5.81. The topological polar surface area (TPSA) is 32.3 Å². The second-order valence-corrected chi connectivity index (χ2v) is 7.20. The smallest absolute Gasteiger partial charge is 0.239 e. The van der Waals surface area contributed by atoms with Crippen LogP contribution in [0.4, 0.5) is 0 Å². The summed E-state index contributed by atoms with van der Waals surface area (Å²) in [4.78, 5) is 14.0. The van der Waals surface area contributed by atoms with E-state index in [1.54, 1.807) is 4.90 Å². The van der Waals surface area contributed by atoms with E-state index in [9.17, 15) is 4.79 Å². The Kier molecular flexibility index (Phi) is 6.31. The number of nitrogens with zero attached hydrogens (tertiary/aromatic N) is 1. The van der Waals surface area contributed by atoms with Crippen molar-refractivity contribution in [1.29, 1.82) is 0 Å². The third-order valence-electron chi connectivity index (χ3n) is 4.06. The van der Waals surface area contributed by atoms with Crippen molar-refractivity contribution in [3.05, 3.63) is 0 Å². The third kappa shape index (κ3) is 5.52. The first-order valence-corrected chi connectivity index (χ1v) is 7.76. The zero-order chi connectivity index (χ0) is 14.6. The van der Waals surface area contributed by atoms with Crippen molar-refractivity contribution in [2.24, 2.45) is 17.8 Å². The Morgan fingerprint density at radius 2 is 1.68 bits per heavy atom. The first kappa shape index (κ1) is 16.5. The van der Waals surface area contributed by atoms with Crippen LogP contribution in [0, 0.1) is 17.8 Å². The molecule has 1 rings (SSSR count). The van der Waals surface area contributed by atoms with Gasteiger partial charge in [0.05, 0.1) is 6.04 Å². The Morgan fingerprint density at radius 1 is 1.16 bits per heavy atom. The molecule has 0 radical (unpaired) electrons. The van der Waals surface area contributed by atoms with E-state index in [1.807, 2.05) is 14.1 Å². The van der Waals surface area contributed by atoms with Crippen LogP contribution >= 0.6 is 0 Å². The SMILES string of the molecule is CC(C)CC(NC1CC(C)CC(C)C1)C(=O)N(C)C. The fourth-order valence-electron chi connectivity index (χ4n) is 3.39. The standard InChI is InChI=1S/C16H32N2O/c1-11(2)7-15(16(19)18(5)6)17-14-9-12(3)8-13(4)10-14/h11-15,17H,7-10H2,1-6H3. The molecule has 3 unspecified atom stereocenters. The van der Waals surface area contributed by atoms with Gasteiger partial charge in [-0.1, -0.05) is 27.7 Å². The van der Waals surface area contributed by atoms with E-state index >= 15 is 0 Å². The average Bonchev–Trinajstić information content (AvgIpc) is 2.24. The van der Waals surface area contributed by atoms with Crippen LogP contribution in [-0.2, 0) is 4.79 Å². The summed E-state index contributed by atoms with van der Waals surface area (Å²) in [7, 11) is 3.70. The molecule has 3 heteroatoms. The van der Waals surface area contributed by atoms with Crippen molar-refractivity contribution < 1.29 is 4.79 Å². The number of hydrogen-bond acceptors (Lipinski definition) is 2. The summed E-state index contributed by atoms with van der Waals surface area (Å²) in [6.07, 6.45) is 4.67. The number of rotatable bonds is 5. The molecule has 0 heterocycles. The predicted octanol–water partition coefficient (Wildman–Crippen LogP) is 2.90. The summed E-state index contributed by atoms with van der Waals surface area (Å²) in [6.45, 7) is 9.03. The third-order valence-corrected chi connectivity index (χ3v) is 4.06. The number of nitrogens with one attached hydrogen (secondary N) is 1. The maximum atomic E-state index is 12.3. The van der Waals surface area contributed by atoms with Gasteiger partial charge >= 0.3 is 0 Å². The van der Waals surface area contributed by atoms with E-state index in [0.717, 1.165) is 18.3 Å². The van der Waals surface area contributed by atoms with E-state index < -0.39 is 0 Å². The molecule has 0 aromatic rings. The van der Waals surface area contributed by atoms with Gasteiger partial charge in [0, 0.05) is 20.1 Å². The lowest BCUT2D eigenvalue weighted by Gasteiger charge is -2.35. The molecule has 19 heavy (non-hydrogen) atoms. The van der Waals surface area contributed by atoms with Gasteiger partial charge in [0.2, 0.25) is 5.91 Å². The predicted molar refractivity (Wildman–Crippen MR) is 81.0 cm³/mol. The summed E-state index contributed by atoms with van der Waals surface area (Å²) in [5.41, 5.74) is 0. The number of amides is 1. The molecule has 1 aliphatic carbocycles. The minimum Gasteiger partial charge on any atom is -0.347 e. The molecular weight excluding hydrogens is 236 g/mol. The summed E-state index contributed by atoms with van der Waals surface area (Å²) in [5.74, 6) is 2.31. The van der Waals surface area contributed by atoms with Gasteiger partial charge in [-0.2, -0.15) is 0 Å². The van der Waals surface area contributed by atoms with Crippen LogP contribution in [0.3, 0.4) is 0 Å². The summed E-state index contributed by atoms with van der Waals surface area (Å²) in [6, 6.07) is 0.490. The fourth-order valence-corrected chi connectivity index (χ4v) is 3.39. The Balaban J connectivity index is 2.63. The molecule has 0 spiro atoms. The van der Waals surface area contributed by atoms with Crippen LogP contribution in [0.5, 0.6) is 0 Å². The zero-order valence-electron chi connectivity index (χ0n) is 13.6. The van der Waals surface area contributed by atoms with E-state index in [1.165, 1.54) is 19.3 Å². The highest BCUT2D eigenvalue weighted by atomic mass is 16.2. The maximum absolute atomic E-state index is 12.3. The molecule has 0 saturated heterocycles. The van der Waals surface area contributed by atoms with E-state index in [0.29, 0.717) is 12.0 Å². The van der Waals surface area contributed by atoms with Crippen molar-refractivity contribution >= 4 is 5.91 Å². The molecular formula is C16H32N2O. The molecule has 0 aromatic heterocycles. The van der Waals surface area contributed by atoms with Crippen molar-refractivity contribution in [3.63, 3.8) is 0 Å². The van der Waals surface area contributed by atoms with E-state index in [-0.39, 0.29) is 11.9 Å². The van der Waals surface area contributed by atoms with Crippen LogP contribution in [-0.4, -0.2) is 37.0 Å². The van der Waals surface area contributed by atoms with Crippen LogP contribution < -0.4 is 5.32 Å². The van der Waals surface area contributed by atoms with Crippen LogP contribution in [0.25, 0.3) is 0 Å². The molecule has 3 atom stereocenters. The Hall–Kier alpha value is -0.570. The molecule has 3 nitrogen and oxygen atoms in total. The van der Waals surface area contributed by atoms with Crippen molar-refractivity contribution in [1.82, 2.24) is 10.2 Å². The van der Waals surface area contributed by atoms with Crippen LogP contribution in [0.15, 0.2) is 0 Å². The molecule has 0 aliphatic heterocycles. The molecule has 1 amide bonds. The van der Waals surface area contributed by atoms with Crippen molar-refractivity contribution in [3.8, 4) is 0 Å². The molecule has 1 saturated carbocycles. The highest BCUT2D eigenvalue weighted by Gasteiger charge is 2.29. The van der Waals surface area contributed by atoms with Gasteiger partial charge in [0.1, 0.15) is 0 Å². The minimum atomic E-state index is -0.0162. The quantitative estimate of drug-likeness (QED) is 0.831. The molecule has 112 valence electrons. The van der Waals surface area contributed by atoms with E-state index in [4.69, 9.17) is 0 Å². The highest BCUT2D eigenvalue weighted by Crippen LogP contribution is 2.29. The number of hydrogen-bond donors (Lipinski definition) is 1. The van der Waals surface area contributed by atoms with Gasteiger partial charge in [0.25, 0.3) is 0 Å². The van der Waals surface area contributed by atoms with Gasteiger partial charge in [0.15, 0.2) is 0 Å². The normalized spacial score (nSPS) is 29.3. The van der Waals surface area contributed by atoms with Gasteiger partial charge in [-0.15, -0.1) is 0 Å². The number of carbonyl (C=O) groups excluding carboxylic acids is 1. The largest absolute Gasteiger partial charge is 0.347 e. The first-order valence-electron chi connectivity index (χ1n) is 7.76. The van der Waals surface area contributed by atoms with Gasteiger partial charge in [-0.05, 0) is 43.4 Å². The first-order chi connectivity index (χ1) is 8.79. The molecule has 0 aromatic carbocycles. The van der Waals surface area contributed by atoms with Crippen LogP contribution in [0.2, 0.25) is 0 Å². The fraction of sp³-hybridized carbons (Fsp3) is 0.938. The number of carbonyl (C=O) groups is 1. The molecule has 1 fully saturated rings. The van der Waals surface area contributed by atoms with Crippen molar-refractivity contribution in [2.45, 2.75) is 65.5 Å². The summed E-state index contributed by atoms with van der Waals surface area (Å²) >= 11 is 0. The van der Waals surface area contributed by atoms with E-state index in [2.05, 4.69) is 33.0 Å². The second-order valence-electron chi connectivity index (χ2n) is 7.20. The minimum absolute atomic E-state index is 0.0162. The molecule has 1 N–H and O–H groups in total. The lowest BCUT2D eigenvalue weighted by molar-refractivity contribution is -0.131. The zero-order valence-corrected chi connectivity index (χ0v) is 13.6. The lowest BCUT2D eigenvalue weighted by atomic mass is 9.80.